The molecule has 0 saturated heterocycles. The number of amides is 1. The molecule has 0 aromatic heterocycles. The Hall–Kier alpha value is -1.84. The highest BCUT2D eigenvalue weighted by molar-refractivity contribution is 6.00. The first-order valence-electron chi connectivity index (χ1n) is 7.71. The van der Waals surface area contributed by atoms with Crippen molar-refractivity contribution in [2.45, 2.75) is 52.4 Å². The van der Waals surface area contributed by atoms with Gasteiger partial charge in [0.15, 0.2) is 0 Å². The topological polar surface area (TPSA) is 50.7 Å². The quantitative estimate of drug-likeness (QED) is 0.426. The molecule has 0 aliphatic heterocycles. The predicted molar refractivity (Wildman–Crippen MR) is 86.7 cm³/mol. The summed E-state index contributed by atoms with van der Waals surface area (Å²) in [6.07, 6.45) is 5.71. The van der Waals surface area contributed by atoms with Crippen molar-refractivity contribution in [1.29, 1.82) is 0 Å². The van der Waals surface area contributed by atoms with Crippen LogP contribution in [-0.2, 0) is 4.79 Å². The van der Waals surface area contributed by atoms with Crippen molar-refractivity contribution in [2.24, 2.45) is 5.10 Å². The number of hydrogen-bond acceptors (Lipinski definition) is 3. The van der Waals surface area contributed by atoms with Crippen LogP contribution in [0.4, 0.5) is 0 Å². The average molecular weight is 290 g/mol. The van der Waals surface area contributed by atoms with Gasteiger partial charge in [-0.25, -0.2) is 5.43 Å². The molecule has 116 valence electrons. The van der Waals surface area contributed by atoms with Gasteiger partial charge in [-0.3, -0.25) is 4.79 Å². The fraction of sp³-hybridized carbons (Fsp3) is 0.529. The van der Waals surface area contributed by atoms with Gasteiger partial charge < -0.3 is 4.74 Å². The van der Waals surface area contributed by atoms with Gasteiger partial charge in [0, 0.05) is 6.42 Å². The summed E-state index contributed by atoms with van der Waals surface area (Å²) in [4.78, 5) is 11.7. The van der Waals surface area contributed by atoms with Crippen LogP contribution in [-0.4, -0.2) is 18.7 Å². The minimum absolute atomic E-state index is 0.00874. The van der Waals surface area contributed by atoms with E-state index in [1.165, 1.54) is 12.8 Å². The Morgan fingerprint density at radius 2 is 1.86 bits per heavy atom. The molecule has 0 heterocycles. The Morgan fingerprint density at radius 3 is 2.43 bits per heavy atom. The molecule has 1 amide bonds. The van der Waals surface area contributed by atoms with E-state index in [4.69, 9.17) is 4.74 Å². The van der Waals surface area contributed by atoms with Gasteiger partial charge in [-0.05, 0) is 42.7 Å². The maximum absolute atomic E-state index is 11.7. The lowest BCUT2D eigenvalue weighted by molar-refractivity contribution is -0.121. The molecule has 4 heteroatoms. The summed E-state index contributed by atoms with van der Waals surface area (Å²) in [5.74, 6) is 0.805. The van der Waals surface area contributed by atoms with Gasteiger partial charge in [0.25, 0.3) is 0 Å². The second kappa shape index (κ2) is 9.97. The maximum Gasteiger partial charge on any atom is 0.240 e. The molecule has 0 fully saturated rings. The summed E-state index contributed by atoms with van der Waals surface area (Å²) in [6.45, 7) is 4.18. The van der Waals surface area contributed by atoms with Crippen molar-refractivity contribution in [2.75, 3.05) is 7.11 Å². The highest BCUT2D eigenvalue weighted by atomic mass is 16.5. The van der Waals surface area contributed by atoms with Crippen LogP contribution in [0.2, 0.25) is 0 Å². The lowest BCUT2D eigenvalue weighted by atomic mass is 10.1. The smallest absolute Gasteiger partial charge is 0.240 e. The first kappa shape index (κ1) is 17.2. The zero-order chi connectivity index (χ0) is 15.5. The summed E-state index contributed by atoms with van der Waals surface area (Å²) in [5.41, 5.74) is 4.53. The van der Waals surface area contributed by atoms with Crippen molar-refractivity contribution in [3.63, 3.8) is 0 Å². The third kappa shape index (κ3) is 6.43. The molecule has 0 aliphatic rings. The number of unbranched alkanes of at least 4 members (excludes halogenated alkanes) is 3. The first-order chi connectivity index (χ1) is 10.2. The fourth-order valence-corrected chi connectivity index (χ4v) is 2.03. The number of benzene rings is 1. The second-order valence-corrected chi connectivity index (χ2v) is 4.99. The fourth-order valence-electron chi connectivity index (χ4n) is 2.03. The molecule has 21 heavy (non-hydrogen) atoms. The molecule has 0 atom stereocenters. The van der Waals surface area contributed by atoms with E-state index in [2.05, 4.69) is 17.5 Å². The molecule has 1 aromatic rings. The minimum Gasteiger partial charge on any atom is -0.497 e. The van der Waals surface area contributed by atoms with E-state index < -0.39 is 0 Å². The van der Waals surface area contributed by atoms with Crippen LogP contribution >= 0.6 is 0 Å². The van der Waals surface area contributed by atoms with Gasteiger partial charge in [0.1, 0.15) is 5.75 Å². The van der Waals surface area contributed by atoms with Crippen molar-refractivity contribution >= 4 is 11.6 Å². The summed E-state index contributed by atoms with van der Waals surface area (Å²) in [6, 6.07) is 7.70. The number of carbonyl (C=O) groups is 1. The molecule has 1 N–H and O–H groups in total. The standard InChI is InChI=1S/C17H26N2O2/c1-4-6-7-8-9-17(20)19-18-16(5-2)14-10-12-15(21-3)13-11-14/h10-13H,4-9H2,1-3H3,(H,19,20)/b18-16+. The normalized spacial score (nSPS) is 11.3. The second-order valence-electron chi connectivity index (χ2n) is 4.99. The maximum atomic E-state index is 11.7. The number of methoxy groups -OCH3 is 1. The van der Waals surface area contributed by atoms with Crippen LogP contribution in [0, 0.1) is 0 Å². The third-order valence-electron chi connectivity index (χ3n) is 3.33. The Kier molecular flexibility index (Phi) is 8.17. The molecule has 0 unspecified atom stereocenters. The predicted octanol–water partition coefficient (Wildman–Crippen LogP) is 3.90. The van der Waals surface area contributed by atoms with Crippen molar-refractivity contribution in [1.82, 2.24) is 5.43 Å². The van der Waals surface area contributed by atoms with Crippen molar-refractivity contribution < 1.29 is 9.53 Å². The van der Waals surface area contributed by atoms with E-state index in [-0.39, 0.29) is 5.91 Å². The van der Waals surface area contributed by atoms with Gasteiger partial charge in [0.05, 0.1) is 12.8 Å². The third-order valence-corrected chi connectivity index (χ3v) is 3.33. The molecule has 0 aliphatic carbocycles. The van der Waals surface area contributed by atoms with E-state index in [0.717, 1.165) is 36.3 Å². The molecule has 1 rings (SSSR count). The lowest BCUT2D eigenvalue weighted by Crippen LogP contribution is -2.19. The number of ether oxygens (including phenoxy) is 1. The molecule has 0 radical (unpaired) electrons. The molecule has 0 spiro atoms. The number of hydrogen-bond donors (Lipinski definition) is 1. The van der Waals surface area contributed by atoms with Crippen LogP contribution < -0.4 is 10.2 Å². The van der Waals surface area contributed by atoms with Crippen LogP contribution in [0.3, 0.4) is 0 Å². The van der Waals surface area contributed by atoms with Gasteiger partial charge >= 0.3 is 0 Å². The van der Waals surface area contributed by atoms with Crippen LogP contribution in [0.25, 0.3) is 0 Å². The van der Waals surface area contributed by atoms with E-state index in [0.29, 0.717) is 6.42 Å². The molecular formula is C17H26N2O2. The zero-order valence-corrected chi connectivity index (χ0v) is 13.3. The van der Waals surface area contributed by atoms with Crippen LogP contribution in [0.15, 0.2) is 29.4 Å². The van der Waals surface area contributed by atoms with Crippen molar-refractivity contribution in [3.05, 3.63) is 29.8 Å². The molecule has 0 saturated carbocycles. The van der Waals surface area contributed by atoms with E-state index in [1.807, 2.05) is 31.2 Å². The highest BCUT2D eigenvalue weighted by Crippen LogP contribution is 2.13. The number of carbonyl (C=O) groups excluding carboxylic acids is 1. The summed E-state index contributed by atoms with van der Waals surface area (Å²) < 4.78 is 5.14. The minimum atomic E-state index is -0.00874. The molecule has 0 bridgehead atoms. The number of nitrogens with zero attached hydrogens (tertiary/aromatic N) is 1. The van der Waals surface area contributed by atoms with Crippen LogP contribution in [0.5, 0.6) is 5.75 Å². The summed E-state index contributed by atoms with van der Waals surface area (Å²) >= 11 is 0. The van der Waals surface area contributed by atoms with E-state index >= 15 is 0 Å². The lowest BCUT2D eigenvalue weighted by Gasteiger charge is -2.06. The largest absolute Gasteiger partial charge is 0.497 e. The Labute approximate surface area is 127 Å². The van der Waals surface area contributed by atoms with Gasteiger partial charge in [-0.2, -0.15) is 5.10 Å². The number of rotatable bonds is 9. The first-order valence-corrected chi connectivity index (χ1v) is 7.71. The van der Waals surface area contributed by atoms with Gasteiger partial charge in [0.2, 0.25) is 5.91 Å². The van der Waals surface area contributed by atoms with Crippen LogP contribution in [0.1, 0.15) is 57.9 Å². The van der Waals surface area contributed by atoms with E-state index in [1.54, 1.807) is 7.11 Å². The van der Waals surface area contributed by atoms with Gasteiger partial charge in [-0.15, -0.1) is 0 Å². The van der Waals surface area contributed by atoms with Crippen molar-refractivity contribution in [3.8, 4) is 5.75 Å². The highest BCUT2D eigenvalue weighted by Gasteiger charge is 2.04. The average Bonchev–Trinajstić information content (AvgIpc) is 2.52. The molecular weight excluding hydrogens is 264 g/mol. The summed E-state index contributed by atoms with van der Waals surface area (Å²) in [7, 11) is 1.64. The Bertz CT molecular complexity index is 452. The zero-order valence-electron chi connectivity index (χ0n) is 13.3. The SMILES string of the molecule is CCCCCCC(=O)N/N=C(\CC)c1ccc(OC)cc1. The number of nitrogens with one attached hydrogen (secondary N) is 1. The number of hydrazone groups is 1. The molecule has 4 nitrogen and oxygen atoms in total. The molecule has 1 aromatic carbocycles. The van der Waals surface area contributed by atoms with Gasteiger partial charge in [-0.1, -0.05) is 33.1 Å². The Morgan fingerprint density at radius 1 is 1.14 bits per heavy atom. The Balaban J connectivity index is 2.52. The summed E-state index contributed by atoms with van der Waals surface area (Å²) in [5, 5.41) is 4.24. The van der Waals surface area contributed by atoms with E-state index in [9.17, 15) is 4.79 Å². The monoisotopic (exact) mass is 290 g/mol.